The molecule has 0 spiro atoms. The Kier molecular flexibility index (Phi) is 6.18. The van der Waals surface area contributed by atoms with Crippen LogP contribution in [0.5, 0.6) is 11.5 Å². The molecule has 212 valence electrons. The van der Waals surface area contributed by atoms with Crippen molar-refractivity contribution < 1.29 is 54.5 Å². The van der Waals surface area contributed by atoms with Crippen molar-refractivity contribution in [3.8, 4) is 22.8 Å². The van der Waals surface area contributed by atoms with E-state index in [1.807, 2.05) is 0 Å². The third-order valence-corrected chi connectivity index (χ3v) is 7.13. The van der Waals surface area contributed by atoms with E-state index in [-0.39, 0.29) is 40.7 Å². The first-order valence-electron chi connectivity index (χ1n) is 11.8. The number of hydrogen-bond donors (Lipinski definition) is 1. The summed E-state index contributed by atoms with van der Waals surface area (Å²) in [4.78, 5) is 17.7. The number of aryl methyl sites for hydroxylation is 1. The van der Waals surface area contributed by atoms with Gasteiger partial charge in [-0.15, -0.1) is 8.78 Å². The minimum absolute atomic E-state index is 0.156. The van der Waals surface area contributed by atoms with Gasteiger partial charge in [-0.1, -0.05) is 36.4 Å². The largest absolute Gasteiger partial charge is 0.586 e. The van der Waals surface area contributed by atoms with Crippen LogP contribution in [0.3, 0.4) is 0 Å². The number of rotatable bonds is 6. The van der Waals surface area contributed by atoms with Crippen molar-refractivity contribution in [3.63, 3.8) is 0 Å². The van der Waals surface area contributed by atoms with Gasteiger partial charge >= 0.3 is 18.6 Å². The number of fused-ring (bicyclic) bond motifs is 1. The first kappa shape index (κ1) is 27.8. The second-order valence-electron chi connectivity index (χ2n) is 9.76. The Morgan fingerprint density at radius 2 is 1.50 bits per heavy atom. The Morgan fingerprint density at radius 1 is 0.900 bits per heavy atom. The summed E-state index contributed by atoms with van der Waals surface area (Å²) in [6.45, 7) is 1.62. The van der Waals surface area contributed by atoms with Crippen molar-refractivity contribution in [2.75, 3.05) is 0 Å². The first-order valence-corrected chi connectivity index (χ1v) is 11.8. The van der Waals surface area contributed by atoms with E-state index in [4.69, 9.17) is 0 Å². The number of carbonyl (C=O) groups is 1. The van der Waals surface area contributed by atoms with Crippen LogP contribution in [0, 0.1) is 6.92 Å². The van der Waals surface area contributed by atoms with Gasteiger partial charge in [0.2, 0.25) is 0 Å². The van der Waals surface area contributed by atoms with Crippen molar-refractivity contribution in [3.05, 3.63) is 77.0 Å². The third kappa shape index (κ3) is 4.55. The lowest BCUT2D eigenvalue weighted by Gasteiger charge is -2.32. The molecular formula is C27H19F8NO4. The summed E-state index contributed by atoms with van der Waals surface area (Å²) in [5.41, 5.74) is -5.73. The molecule has 0 atom stereocenters. The molecule has 5 nitrogen and oxygen atoms in total. The van der Waals surface area contributed by atoms with Crippen LogP contribution in [0.2, 0.25) is 0 Å². The zero-order valence-electron chi connectivity index (χ0n) is 20.5. The lowest BCUT2D eigenvalue weighted by Crippen LogP contribution is -2.53. The van der Waals surface area contributed by atoms with Gasteiger partial charge in [0.15, 0.2) is 11.5 Å². The third-order valence-electron chi connectivity index (χ3n) is 7.13. The summed E-state index contributed by atoms with van der Waals surface area (Å²) >= 11 is 0. The summed E-state index contributed by atoms with van der Waals surface area (Å²) in [6.07, 6.45) is -15.1. The van der Waals surface area contributed by atoms with Crippen LogP contribution >= 0.6 is 0 Å². The summed E-state index contributed by atoms with van der Waals surface area (Å²) in [5, 5.41) is 9.61. The number of halogens is 8. The van der Waals surface area contributed by atoms with Crippen LogP contribution in [0.25, 0.3) is 11.3 Å². The van der Waals surface area contributed by atoms with Gasteiger partial charge in [0.05, 0.1) is 11.1 Å². The average Bonchev–Trinajstić information content (AvgIpc) is 3.60. The predicted octanol–water partition coefficient (Wildman–Crippen LogP) is 6.53. The minimum Gasteiger partial charge on any atom is -0.395 e. The summed E-state index contributed by atoms with van der Waals surface area (Å²) in [5.74, 6) is -0.600. The van der Waals surface area contributed by atoms with E-state index in [9.17, 15) is 45.0 Å². The molecule has 2 aliphatic rings. The summed E-state index contributed by atoms with van der Waals surface area (Å²) in [7, 11) is 0. The Hall–Kier alpha value is -3.74. The molecule has 0 amide bonds. The zero-order chi connectivity index (χ0) is 29.3. The number of carbonyl (C=O) groups excluding carboxylic acids is 1. The molecule has 0 radical (unpaired) electrons. The molecule has 1 aliphatic heterocycles. The summed E-state index contributed by atoms with van der Waals surface area (Å²) < 4.78 is 115. The molecule has 13 heteroatoms. The maximum absolute atomic E-state index is 13.4. The highest BCUT2D eigenvalue weighted by atomic mass is 19.4. The van der Waals surface area contributed by atoms with Crippen LogP contribution in [0.15, 0.2) is 54.6 Å². The van der Waals surface area contributed by atoms with Gasteiger partial charge in [-0.3, -0.25) is 9.78 Å². The number of nitrogens with zero attached hydrogens (tertiary/aromatic N) is 1. The van der Waals surface area contributed by atoms with Crippen LogP contribution in [-0.4, -0.2) is 34.5 Å². The number of alkyl halides is 8. The molecule has 1 fully saturated rings. The number of ketones is 1. The van der Waals surface area contributed by atoms with Crippen LogP contribution in [0.4, 0.5) is 35.1 Å². The fourth-order valence-corrected chi connectivity index (χ4v) is 4.75. The van der Waals surface area contributed by atoms with Crippen LogP contribution in [0.1, 0.15) is 35.2 Å². The number of aliphatic hydroxyl groups is 1. The number of hydrogen-bond acceptors (Lipinski definition) is 5. The van der Waals surface area contributed by atoms with Crippen molar-refractivity contribution in [2.45, 2.75) is 55.8 Å². The Morgan fingerprint density at radius 3 is 2.08 bits per heavy atom. The molecule has 1 aliphatic carbocycles. The quantitative estimate of drug-likeness (QED) is 0.340. The van der Waals surface area contributed by atoms with E-state index in [0.29, 0.717) is 36.1 Å². The smallest absolute Gasteiger partial charge is 0.395 e. The van der Waals surface area contributed by atoms with Crippen LogP contribution < -0.4 is 9.47 Å². The molecule has 40 heavy (non-hydrogen) atoms. The molecular weight excluding hydrogens is 554 g/mol. The van der Waals surface area contributed by atoms with Gasteiger partial charge in [-0.25, -0.2) is 0 Å². The monoisotopic (exact) mass is 573 g/mol. The maximum atomic E-state index is 13.4. The maximum Gasteiger partial charge on any atom is 0.586 e. The number of Topliss-reactive ketones (excluding diaryl/α,β-unsaturated/α-hetero) is 1. The highest BCUT2D eigenvalue weighted by Gasteiger charge is 2.71. The fraction of sp³-hybridized carbons (Fsp3) is 0.333. The van der Waals surface area contributed by atoms with E-state index in [2.05, 4.69) is 14.5 Å². The van der Waals surface area contributed by atoms with Crippen LogP contribution in [-0.2, 0) is 22.2 Å². The lowest BCUT2D eigenvalue weighted by molar-refractivity contribution is -0.376. The first-order chi connectivity index (χ1) is 18.5. The van der Waals surface area contributed by atoms with Gasteiger partial charge in [0.1, 0.15) is 5.78 Å². The van der Waals surface area contributed by atoms with Gasteiger partial charge in [0, 0.05) is 23.2 Å². The van der Waals surface area contributed by atoms with Crippen molar-refractivity contribution >= 4 is 5.78 Å². The standard InChI is InChI=1S/C27H19F8NO4/c1-14-2-8-18(13-21(37)23(10-11-23)17-7-9-19-20(12-17)40-27(34,35)39-19)36-22(14)15-3-5-16(6-4-15)24(38,25(28,29)30)26(31,32)33/h2-9,12,38H,10-11,13H2,1H3. The van der Waals surface area contributed by atoms with Gasteiger partial charge in [-0.05, 0) is 49.1 Å². The minimum atomic E-state index is -6.02. The van der Waals surface area contributed by atoms with Gasteiger partial charge in [0.25, 0.3) is 5.60 Å². The van der Waals surface area contributed by atoms with E-state index in [1.54, 1.807) is 19.1 Å². The van der Waals surface area contributed by atoms with Gasteiger partial charge < -0.3 is 14.6 Å². The lowest BCUT2D eigenvalue weighted by atomic mass is 9.88. The molecule has 1 saturated carbocycles. The molecule has 1 aromatic heterocycles. The Labute approximate surface area is 221 Å². The zero-order valence-corrected chi connectivity index (χ0v) is 20.5. The number of aromatic nitrogens is 1. The number of ether oxygens (including phenoxy) is 2. The predicted molar refractivity (Wildman–Crippen MR) is 123 cm³/mol. The van der Waals surface area contributed by atoms with E-state index in [0.717, 1.165) is 12.1 Å². The van der Waals surface area contributed by atoms with E-state index < -0.39 is 35.2 Å². The highest BCUT2D eigenvalue weighted by Crippen LogP contribution is 2.53. The van der Waals surface area contributed by atoms with Crippen molar-refractivity contribution in [1.82, 2.24) is 4.98 Å². The SMILES string of the molecule is Cc1ccc(CC(=O)C2(c3ccc4c(c3)OC(F)(F)O4)CC2)nc1-c1ccc(C(O)(C(F)(F)F)C(F)(F)F)cc1. The van der Waals surface area contributed by atoms with Gasteiger partial charge in [-0.2, -0.15) is 26.3 Å². The highest BCUT2D eigenvalue weighted by molar-refractivity contribution is 5.94. The number of pyridine rings is 1. The Bertz CT molecular complexity index is 1460. The van der Waals surface area contributed by atoms with Crippen molar-refractivity contribution in [2.24, 2.45) is 0 Å². The molecule has 0 bridgehead atoms. The fourth-order valence-electron chi connectivity index (χ4n) is 4.75. The molecule has 3 aromatic rings. The molecule has 0 saturated heterocycles. The number of benzene rings is 2. The molecule has 2 heterocycles. The normalized spacial score (nSPS) is 17.6. The van der Waals surface area contributed by atoms with E-state index >= 15 is 0 Å². The second kappa shape index (κ2) is 8.88. The summed E-state index contributed by atoms with van der Waals surface area (Å²) in [6, 6.07) is 10.3. The topological polar surface area (TPSA) is 68.7 Å². The second-order valence-corrected chi connectivity index (χ2v) is 9.76. The molecule has 1 N–H and O–H groups in total. The molecule has 0 unspecified atom stereocenters. The van der Waals surface area contributed by atoms with E-state index in [1.165, 1.54) is 18.2 Å². The van der Waals surface area contributed by atoms with Crippen molar-refractivity contribution in [1.29, 1.82) is 0 Å². The average molecular weight is 573 g/mol. The molecule has 2 aromatic carbocycles. The molecule has 5 rings (SSSR count). The Balaban J connectivity index is 1.39.